The van der Waals surface area contributed by atoms with Crippen LogP contribution in [-0.4, -0.2) is 27.2 Å². The van der Waals surface area contributed by atoms with Gasteiger partial charge in [-0.3, -0.25) is 18.8 Å². The molecule has 2 aromatic rings. The van der Waals surface area contributed by atoms with Gasteiger partial charge in [-0.2, -0.15) is 0 Å². The third-order valence-electron chi connectivity index (χ3n) is 3.86. The second-order valence-electron chi connectivity index (χ2n) is 5.25. The molecule has 0 atom stereocenters. The monoisotopic (exact) mass is 290 g/mol. The Bertz CT molecular complexity index is 758. The van der Waals surface area contributed by atoms with E-state index in [1.165, 1.54) is 11.6 Å². The smallest absolute Gasteiger partial charge is 0.332 e. The second-order valence-corrected chi connectivity index (χ2v) is 5.25. The van der Waals surface area contributed by atoms with Crippen molar-refractivity contribution in [1.29, 1.82) is 0 Å². The molecule has 0 aromatic carbocycles. The molecular weight excluding hydrogens is 272 g/mol. The molecule has 1 aliphatic heterocycles. The van der Waals surface area contributed by atoms with Gasteiger partial charge in [0.1, 0.15) is 11.6 Å². The highest BCUT2D eigenvalue weighted by Crippen LogP contribution is 2.16. The number of furan rings is 1. The maximum absolute atomic E-state index is 12.2. The molecule has 2 aromatic heterocycles. The molecule has 7 nitrogen and oxygen atoms in total. The van der Waals surface area contributed by atoms with Gasteiger partial charge in [-0.15, -0.1) is 0 Å². The number of nitrogens with one attached hydrogen (secondary N) is 1. The molecule has 112 valence electrons. The number of hydrogen-bond acceptors (Lipinski definition) is 5. The van der Waals surface area contributed by atoms with Crippen molar-refractivity contribution in [1.82, 2.24) is 14.0 Å². The van der Waals surface area contributed by atoms with Crippen molar-refractivity contribution in [3.8, 4) is 0 Å². The van der Waals surface area contributed by atoms with E-state index in [9.17, 15) is 9.59 Å². The first-order chi connectivity index (χ1) is 10.1. The molecule has 3 heterocycles. The third kappa shape index (κ3) is 2.40. The maximum Gasteiger partial charge on any atom is 0.332 e. The van der Waals surface area contributed by atoms with Crippen LogP contribution < -0.4 is 16.6 Å². The Kier molecular flexibility index (Phi) is 3.42. The molecular formula is C14H18N4O3. The predicted octanol–water partition coefficient (Wildman–Crippen LogP) is 0.105. The van der Waals surface area contributed by atoms with Crippen molar-refractivity contribution in [2.24, 2.45) is 14.1 Å². The molecule has 0 spiro atoms. The Labute approximate surface area is 121 Å². The van der Waals surface area contributed by atoms with Gasteiger partial charge in [-0.05, 0) is 12.1 Å². The fourth-order valence-electron chi connectivity index (χ4n) is 2.63. The van der Waals surface area contributed by atoms with Gasteiger partial charge in [-0.25, -0.2) is 4.79 Å². The van der Waals surface area contributed by atoms with Gasteiger partial charge < -0.3 is 9.73 Å². The summed E-state index contributed by atoms with van der Waals surface area (Å²) < 4.78 is 7.95. The summed E-state index contributed by atoms with van der Waals surface area (Å²) in [5.41, 5.74) is 0.0869. The SMILES string of the molecule is Cn1c2c(c(=O)n(C)c1=O)CN(CCc1ccco1)CN2. The number of nitrogens with zero attached hydrogens (tertiary/aromatic N) is 3. The Morgan fingerprint density at radius 2 is 2.10 bits per heavy atom. The van der Waals surface area contributed by atoms with Crippen molar-refractivity contribution in [3.05, 3.63) is 50.6 Å². The number of anilines is 1. The van der Waals surface area contributed by atoms with Crippen LogP contribution in [0, 0.1) is 0 Å². The minimum Gasteiger partial charge on any atom is -0.469 e. The lowest BCUT2D eigenvalue weighted by Gasteiger charge is -2.30. The van der Waals surface area contributed by atoms with Gasteiger partial charge >= 0.3 is 5.69 Å². The van der Waals surface area contributed by atoms with Crippen LogP contribution in [0.1, 0.15) is 11.3 Å². The molecule has 0 bridgehead atoms. The van der Waals surface area contributed by atoms with Crippen molar-refractivity contribution < 1.29 is 4.42 Å². The largest absolute Gasteiger partial charge is 0.469 e. The highest BCUT2D eigenvalue weighted by molar-refractivity contribution is 5.45. The van der Waals surface area contributed by atoms with E-state index in [0.717, 1.165) is 23.3 Å². The lowest BCUT2D eigenvalue weighted by Crippen LogP contribution is -2.46. The molecule has 0 unspecified atom stereocenters. The summed E-state index contributed by atoms with van der Waals surface area (Å²) in [4.78, 5) is 26.2. The quantitative estimate of drug-likeness (QED) is 0.868. The van der Waals surface area contributed by atoms with Crippen LogP contribution in [0.4, 0.5) is 5.82 Å². The van der Waals surface area contributed by atoms with E-state index in [1.807, 2.05) is 12.1 Å². The van der Waals surface area contributed by atoms with E-state index in [2.05, 4.69) is 10.2 Å². The van der Waals surface area contributed by atoms with Crippen molar-refractivity contribution in [3.63, 3.8) is 0 Å². The molecule has 0 amide bonds. The molecule has 3 rings (SSSR count). The molecule has 0 radical (unpaired) electrons. The van der Waals surface area contributed by atoms with E-state index in [4.69, 9.17) is 4.42 Å². The summed E-state index contributed by atoms with van der Waals surface area (Å²) in [6, 6.07) is 3.80. The van der Waals surface area contributed by atoms with Crippen LogP contribution in [0.3, 0.4) is 0 Å². The van der Waals surface area contributed by atoms with E-state index >= 15 is 0 Å². The number of rotatable bonds is 3. The van der Waals surface area contributed by atoms with E-state index < -0.39 is 0 Å². The first kappa shape index (κ1) is 13.7. The highest BCUT2D eigenvalue weighted by Gasteiger charge is 2.22. The number of hydrogen-bond donors (Lipinski definition) is 1. The van der Waals surface area contributed by atoms with Crippen LogP contribution in [0.5, 0.6) is 0 Å². The van der Waals surface area contributed by atoms with Crippen molar-refractivity contribution in [2.75, 3.05) is 18.5 Å². The fourth-order valence-corrected chi connectivity index (χ4v) is 2.63. The van der Waals surface area contributed by atoms with Crippen LogP contribution >= 0.6 is 0 Å². The Morgan fingerprint density at radius 3 is 2.81 bits per heavy atom. The average Bonchev–Trinajstić information content (AvgIpc) is 3.02. The summed E-state index contributed by atoms with van der Waals surface area (Å²) in [6.07, 6.45) is 2.45. The second kappa shape index (κ2) is 5.25. The minimum absolute atomic E-state index is 0.233. The summed E-state index contributed by atoms with van der Waals surface area (Å²) in [5.74, 6) is 1.55. The lowest BCUT2D eigenvalue weighted by molar-refractivity contribution is 0.267. The number of aromatic nitrogens is 2. The van der Waals surface area contributed by atoms with E-state index in [0.29, 0.717) is 24.6 Å². The van der Waals surface area contributed by atoms with Gasteiger partial charge in [0.2, 0.25) is 0 Å². The fraction of sp³-hybridized carbons (Fsp3) is 0.429. The maximum atomic E-state index is 12.2. The van der Waals surface area contributed by atoms with Crippen LogP contribution in [0.25, 0.3) is 0 Å². The zero-order chi connectivity index (χ0) is 15.0. The Hall–Kier alpha value is -2.28. The van der Waals surface area contributed by atoms with Crippen LogP contribution in [0.2, 0.25) is 0 Å². The molecule has 0 saturated carbocycles. The standard InChI is InChI=1S/C14H18N4O3/c1-16-12-11(13(19)17(2)14(16)20)8-18(9-15-12)6-5-10-4-3-7-21-10/h3-4,7,15H,5-6,8-9H2,1-2H3. The summed E-state index contributed by atoms with van der Waals surface area (Å²) in [7, 11) is 3.18. The van der Waals surface area contributed by atoms with Crippen molar-refractivity contribution in [2.45, 2.75) is 13.0 Å². The minimum atomic E-state index is -0.310. The zero-order valence-corrected chi connectivity index (χ0v) is 12.1. The number of fused-ring (bicyclic) bond motifs is 1. The van der Waals surface area contributed by atoms with Gasteiger partial charge in [0.05, 0.1) is 18.5 Å². The van der Waals surface area contributed by atoms with Gasteiger partial charge in [0.25, 0.3) is 5.56 Å². The molecule has 1 aliphatic rings. The molecule has 1 N–H and O–H groups in total. The van der Waals surface area contributed by atoms with Gasteiger partial charge in [0, 0.05) is 33.6 Å². The third-order valence-corrected chi connectivity index (χ3v) is 3.86. The molecule has 7 heteroatoms. The van der Waals surface area contributed by atoms with Crippen LogP contribution in [-0.2, 0) is 27.1 Å². The molecule has 0 fully saturated rings. The Morgan fingerprint density at radius 1 is 1.29 bits per heavy atom. The van der Waals surface area contributed by atoms with E-state index in [1.54, 1.807) is 13.3 Å². The normalized spacial score (nSPS) is 14.8. The van der Waals surface area contributed by atoms with Gasteiger partial charge in [0.15, 0.2) is 0 Å². The molecule has 0 saturated heterocycles. The first-order valence-corrected chi connectivity index (χ1v) is 6.85. The van der Waals surface area contributed by atoms with E-state index in [-0.39, 0.29) is 11.2 Å². The summed E-state index contributed by atoms with van der Waals surface area (Å²) in [6.45, 7) is 1.92. The Balaban J connectivity index is 1.82. The predicted molar refractivity (Wildman–Crippen MR) is 78.2 cm³/mol. The summed E-state index contributed by atoms with van der Waals surface area (Å²) in [5, 5.41) is 3.16. The van der Waals surface area contributed by atoms with Gasteiger partial charge in [-0.1, -0.05) is 0 Å². The van der Waals surface area contributed by atoms with Crippen LogP contribution in [0.15, 0.2) is 32.4 Å². The highest BCUT2D eigenvalue weighted by atomic mass is 16.3. The topological polar surface area (TPSA) is 72.4 Å². The molecule has 21 heavy (non-hydrogen) atoms. The van der Waals surface area contributed by atoms with Crippen molar-refractivity contribution >= 4 is 5.82 Å². The zero-order valence-electron chi connectivity index (χ0n) is 12.1. The first-order valence-electron chi connectivity index (χ1n) is 6.85. The molecule has 0 aliphatic carbocycles. The lowest BCUT2D eigenvalue weighted by atomic mass is 10.2. The summed E-state index contributed by atoms with van der Waals surface area (Å²) >= 11 is 0. The average molecular weight is 290 g/mol.